The second kappa shape index (κ2) is 6.01. The average Bonchev–Trinajstić information content (AvgIpc) is 1.82. The molecule has 0 aromatic carbocycles. The van der Waals surface area contributed by atoms with E-state index in [1.807, 2.05) is 6.55 Å². The van der Waals surface area contributed by atoms with Gasteiger partial charge < -0.3 is 9.85 Å². The van der Waals surface area contributed by atoms with Crippen LogP contribution in [0.25, 0.3) is 0 Å². The van der Waals surface area contributed by atoms with Crippen molar-refractivity contribution in [2.24, 2.45) is 5.73 Å². The molecule has 2 N–H and O–H groups in total. The highest BCUT2D eigenvalue weighted by atomic mass is 28.4. The average molecular weight is 181 g/mol. The first-order valence-corrected chi connectivity index (χ1v) is 8.18. The summed E-state index contributed by atoms with van der Waals surface area (Å²) in [7, 11) is -2.47. The van der Waals surface area contributed by atoms with Gasteiger partial charge in [-0.25, -0.2) is 4.89 Å². The maximum absolute atomic E-state index is 5.43. The van der Waals surface area contributed by atoms with Gasteiger partial charge in [-0.1, -0.05) is 0 Å². The van der Waals surface area contributed by atoms with Gasteiger partial charge in [0, 0.05) is 0 Å². The van der Waals surface area contributed by atoms with Crippen LogP contribution in [0.3, 0.4) is 0 Å². The first kappa shape index (κ1) is 10.3. The molecule has 0 amide bonds. The summed E-state index contributed by atoms with van der Waals surface area (Å²) in [5, 5.41) is 0. The first-order valence-electron chi connectivity index (χ1n) is 3.30. The van der Waals surface area contributed by atoms with Gasteiger partial charge in [0.05, 0.1) is 0 Å². The molecular weight excluding hydrogens is 166 g/mol. The van der Waals surface area contributed by atoms with Crippen LogP contribution in [0.5, 0.6) is 0 Å². The van der Waals surface area contributed by atoms with Crippen LogP contribution in [-0.4, -0.2) is 25.1 Å². The van der Waals surface area contributed by atoms with Crippen molar-refractivity contribution in [2.75, 3.05) is 6.73 Å². The van der Waals surface area contributed by atoms with Crippen molar-refractivity contribution in [3.63, 3.8) is 0 Å². The van der Waals surface area contributed by atoms with E-state index in [1.165, 1.54) is 0 Å². The number of hydrogen-bond donors (Lipinski definition) is 1. The molecule has 0 heterocycles. The highest BCUT2D eigenvalue weighted by Gasteiger charge is 2.08. The molecule has 0 radical (unpaired) electrons. The minimum Gasteiger partial charge on any atom is -0.440 e. The summed E-state index contributed by atoms with van der Waals surface area (Å²) in [6.45, 7) is 6.20. The highest BCUT2D eigenvalue weighted by Crippen LogP contribution is 1.92. The number of nitrogens with two attached hydrogens (primary N) is 1. The Morgan fingerprint density at radius 3 is 2.30 bits per heavy atom. The maximum Gasteiger partial charge on any atom is 0.347 e. The Kier molecular flexibility index (Phi) is 6.18. The minimum absolute atomic E-state index is 0.0976. The van der Waals surface area contributed by atoms with Crippen molar-refractivity contribution in [3.05, 3.63) is 0 Å². The molecule has 0 spiro atoms. The standard InChI is InChI=1S/C4H15NO3Si2/c1-9(2)8-10(3)7-6-4-5/h9-10H,4-5H2,1-3H3. The van der Waals surface area contributed by atoms with Gasteiger partial charge in [0.2, 0.25) is 0 Å². The summed E-state index contributed by atoms with van der Waals surface area (Å²) >= 11 is 0. The SMILES string of the molecule is C[SiH](C)O[SiH](C)OOCN. The second-order valence-electron chi connectivity index (χ2n) is 2.13. The summed E-state index contributed by atoms with van der Waals surface area (Å²) in [5.41, 5.74) is 5.04. The van der Waals surface area contributed by atoms with E-state index in [0.29, 0.717) is 0 Å². The predicted octanol–water partition coefficient (Wildman–Crippen LogP) is -0.299. The van der Waals surface area contributed by atoms with Crippen molar-refractivity contribution < 1.29 is 13.6 Å². The van der Waals surface area contributed by atoms with Gasteiger partial charge in [-0.05, 0) is 19.6 Å². The van der Waals surface area contributed by atoms with E-state index in [-0.39, 0.29) is 6.73 Å². The van der Waals surface area contributed by atoms with Gasteiger partial charge in [0.15, 0.2) is 9.04 Å². The summed E-state index contributed by atoms with van der Waals surface area (Å²) in [6, 6.07) is 0. The van der Waals surface area contributed by atoms with Crippen LogP contribution in [-0.2, 0) is 13.6 Å². The lowest BCUT2D eigenvalue weighted by atomic mass is 11.4. The van der Waals surface area contributed by atoms with Gasteiger partial charge in [-0.15, -0.1) is 0 Å². The zero-order chi connectivity index (χ0) is 7.98. The zero-order valence-corrected chi connectivity index (χ0v) is 8.97. The summed E-state index contributed by atoms with van der Waals surface area (Å²) < 4.78 is 10.3. The maximum atomic E-state index is 5.43. The zero-order valence-electron chi connectivity index (χ0n) is 6.66. The molecule has 62 valence electrons. The van der Waals surface area contributed by atoms with E-state index < -0.39 is 18.3 Å². The Morgan fingerprint density at radius 1 is 1.30 bits per heavy atom. The van der Waals surface area contributed by atoms with E-state index in [0.717, 1.165) is 0 Å². The molecule has 0 aromatic rings. The molecule has 1 atom stereocenters. The van der Waals surface area contributed by atoms with E-state index in [1.54, 1.807) is 0 Å². The molecular formula is C4H15NO3Si2. The Balaban J connectivity index is 3.16. The molecule has 0 aliphatic rings. The fourth-order valence-corrected chi connectivity index (χ4v) is 4.06. The molecule has 0 aromatic heterocycles. The van der Waals surface area contributed by atoms with Crippen LogP contribution >= 0.6 is 0 Å². The molecule has 0 saturated heterocycles. The van der Waals surface area contributed by atoms with Crippen molar-refractivity contribution in [2.45, 2.75) is 19.6 Å². The summed E-state index contributed by atoms with van der Waals surface area (Å²) in [6.07, 6.45) is 0. The van der Waals surface area contributed by atoms with Crippen LogP contribution in [0.1, 0.15) is 0 Å². The van der Waals surface area contributed by atoms with Crippen LogP contribution in [0.15, 0.2) is 0 Å². The highest BCUT2D eigenvalue weighted by molar-refractivity contribution is 6.60. The van der Waals surface area contributed by atoms with Crippen molar-refractivity contribution in [1.82, 2.24) is 0 Å². The summed E-state index contributed by atoms with van der Waals surface area (Å²) in [5.74, 6) is 0. The molecule has 0 fully saturated rings. The van der Waals surface area contributed by atoms with Gasteiger partial charge >= 0.3 is 9.28 Å². The normalized spacial score (nSPS) is 14.1. The fourth-order valence-electron chi connectivity index (χ4n) is 0.541. The number of rotatable bonds is 5. The Bertz CT molecular complexity index is 82.9. The lowest BCUT2D eigenvalue weighted by Crippen LogP contribution is -2.26. The predicted molar refractivity (Wildman–Crippen MR) is 44.2 cm³/mol. The van der Waals surface area contributed by atoms with Crippen LogP contribution in [0, 0.1) is 0 Å². The Labute approximate surface area is 64.8 Å². The lowest BCUT2D eigenvalue weighted by molar-refractivity contribution is -0.219. The van der Waals surface area contributed by atoms with Gasteiger partial charge in [0.1, 0.15) is 6.73 Å². The fraction of sp³-hybridized carbons (Fsp3) is 1.00. The number of hydrogen-bond acceptors (Lipinski definition) is 4. The van der Waals surface area contributed by atoms with Crippen molar-refractivity contribution in [1.29, 1.82) is 0 Å². The van der Waals surface area contributed by atoms with Gasteiger partial charge in [0.25, 0.3) is 0 Å². The van der Waals surface area contributed by atoms with E-state index in [9.17, 15) is 0 Å². The largest absolute Gasteiger partial charge is 0.440 e. The lowest BCUT2D eigenvalue weighted by Gasteiger charge is -2.12. The molecule has 0 rings (SSSR count). The molecule has 6 heteroatoms. The third-order valence-corrected chi connectivity index (χ3v) is 4.85. The Morgan fingerprint density at radius 2 is 1.90 bits per heavy atom. The van der Waals surface area contributed by atoms with E-state index in [2.05, 4.69) is 18.0 Å². The molecule has 0 bridgehead atoms. The molecule has 0 aliphatic carbocycles. The molecule has 0 aliphatic heterocycles. The van der Waals surface area contributed by atoms with Crippen molar-refractivity contribution >= 4 is 18.3 Å². The first-order chi connectivity index (χ1) is 4.66. The molecule has 4 nitrogen and oxygen atoms in total. The topological polar surface area (TPSA) is 53.7 Å². The third kappa shape index (κ3) is 6.39. The Hall–Kier alpha value is 0.274. The van der Waals surface area contributed by atoms with Crippen LogP contribution in [0.2, 0.25) is 19.6 Å². The molecule has 1 unspecified atom stereocenters. The smallest absolute Gasteiger partial charge is 0.347 e. The van der Waals surface area contributed by atoms with Crippen LogP contribution in [0.4, 0.5) is 0 Å². The summed E-state index contributed by atoms with van der Waals surface area (Å²) in [4.78, 5) is 4.53. The monoisotopic (exact) mass is 181 g/mol. The third-order valence-electron chi connectivity index (χ3n) is 0.735. The molecule has 10 heavy (non-hydrogen) atoms. The van der Waals surface area contributed by atoms with Crippen LogP contribution < -0.4 is 5.73 Å². The minimum atomic E-state index is -1.52. The van der Waals surface area contributed by atoms with Gasteiger partial charge in [-0.3, -0.25) is 4.58 Å². The van der Waals surface area contributed by atoms with Crippen molar-refractivity contribution in [3.8, 4) is 0 Å². The molecule has 0 saturated carbocycles. The van der Waals surface area contributed by atoms with E-state index in [4.69, 9.17) is 14.4 Å². The van der Waals surface area contributed by atoms with Gasteiger partial charge in [-0.2, -0.15) is 0 Å². The van der Waals surface area contributed by atoms with E-state index >= 15 is 0 Å². The quantitative estimate of drug-likeness (QED) is 0.274. The second-order valence-corrected chi connectivity index (χ2v) is 6.65.